The summed E-state index contributed by atoms with van der Waals surface area (Å²) in [6.45, 7) is 3.68. The number of benzene rings is 1. The van der Waals surface area contributed by atoms with Crippen LogP contribution in [-0.4, -0.2) is 105 Å². The van der Waals surface area contributed by atoms with Gasteiger partial charge in [0.25, 0.3) is 0 Å². The van der Waals surface area contributed by atoms with E-state index in [-0.39, 0.29) is 6.42 Å². The van der Waals surface area contributed by atoms with Gasteiger partial charge in [0.05, 0.1) is 25.0 Å². The number of rotatable bonds is 18. The molecule has 0 saturated carbocycles. The molecule has 0 aliphatic carbocycles. The Morgan fingerprint density at radius 2 is 1.20 bits per heavy atom. The van der Waals surface area contributed by atoms with Gasteiger partial charge in [0.2, 0.25) is 35.4 Å². The Morgan fingerprint density at radius 1 is 0.689 bits per heavy atom. The molecule has 0 radical (unpaired) electrons. The molecule has 0 aliphatic heterocycles. The SMILES string of the molecule is C[C@H](NC(=O)[C@H](C)NC(=O)[C@@H](NC(=O)[C@@H](N)CC(=O)O)[C@@H](C)O)C(=O)N[C@@H](Cc1ccccc1)C(=O)N[C@@H](CC(N)=O)C(=O)O. The molecule has 0 bridgehead atoms. The van der Waals surface area contributed by atoms with Crippen molar-refractivity contribution in [1.29, 1.82) is 0 Å². The van der Waals surface area contributed by atoms with Gasteiger partial charge in [-0.25, -0.2) is 4.79 Å². The molecule has 18 nitrogen and oxygen atoms in total. The summed E-state index contributed by atoms with van der Waals surface area (Å²) in [5.74, 6) is -8.57. The van der Waals surface area contributed by atoms with Crippen molar-refractivity contribution in [3.63, 3.8) is 0 Å². The van der Waals surface area contributed by atoms with Gasteiger partial charge in [-0.15, -0.1) is 0 Å². The number of hydrogen-bond donors (Lipinski definition) is 10. The molecule has 0 aromatic heterocycles. The lowest BCUT2D eigenvalue weighted by molar-refractivity contribution is -0.143. The second-order valence-corrected chi connectivity index (χ2v) is 10.2. The van der Waals surface area contributed by atoms with Crippen LogP contribution < -0.4 is 38.1 Å². The number of aliphatic hydroxyl groups is 1. The quantitative estimate of drug-likeness (QED) is 0.0733. The third-order valence-electron chi connectivity index (χ3n) is 6.23. The number of aliphatic carboxylic acids is 2. The van der Waals surface area contributed by atoms with Gasteiger partial charge in [0.1, 0.15) is 30.2 Å². The minimum Gasteiger partial charge on any atom is -0.481 e. The van der Waals surface area contributed by atoms with Crippen LogP contribution in [0, 0.1) is 0 Å². The predicted octanol–water partition coefficient (Wildman–Crippen LogP) is -4.16. The van der Waals surface area contributed by atoms with E-state index in [4.69, 9.17) is 16.6 Å². The second kappa shape index (κ2) is 17.9. The van der Waals surface area contributed by atoms with E-state index < -0.39 is 103 Å². The number of nitrogens with two attached hydrogens (primary N) is 2. The standard InChI is InChI=1S/C27H39N7O11/c1-12(31-26(43)21(14(3)35)34-24(41)16(28)10-20(37)38)22(39)30-13(2)23(40)32-17(9-15-7-5-4-6-8-15)25(42)33-18(27(44)45)11-19(29)36/h4-8,12-14,16-18,21,35H,9-11,28H2,1-3H3,(H2,29,36)(H,30,39)(H,31,43)(H,32,40)(H,33,42)(H,34,41)(H,37,38)(H,44,45)/t12-,13-,14+,16-,17-,18-,21-/m0/s1. The third kappa shape index (κ3) is 13.4. The lowest BCUT2D eigenvalue weighted by Crippen LogP contribution is -2.60. The highest BCUT2D eigenvalue weighted by molar-refractivity contribution is 5.97. The minimum atomic E-state index is -1.66. The molecule has 12 N–H and O–H groups in total. The molecule has 1 aromatic rings. The molecule has 7 atom stereocenters. The maximum absolute atomic E-state index is 13.0. The summed E-state index contributed by atoms with van der Waals surface area (Å²) in [6.07, 6.45) is -2.99. The second-order valence-electron chi connectivity index (χ2n) is 10.2. The molecule has 0 aliphatic rings. The highest BCUT2D eigenvalue weighted by atomic mass is 16.4. The topological polar surface area (TPSA) is 309 Å². The molecule has 248 valence electrons. The summed E-state index contributed by atoms with van der Waals surface area (Å²) in [4.78, 5) is 97.0. The van der Waals surface area contributed by atoms with Crippen LogP contribution in [0.25, 0.3) is 0 Å². The summed E-state index contributed by atoms with van der Waals surface area (Å²) in [5.41, 5.74) is 11.1. The minimum absolute atomic E-state index is 0.0863. The Kier molecular flexibility index (Phi) is 15.1. The molecule has 1 rings (SSSR count). The number of hydrogen-bond acceptors (Lipinski definition) is 10. The number of amides is 6. The molecular weight excluding hydrogens is 598 g/mol. The normalized spacial score (nSPS) is 15.4. The Labute approximate surface area is 257 Å². The van der Waals surface area contributed by atoms with E-state index in [1.54, 1.807) is 30.3 Å². The van der Waals surface area contributed by atoms with Crippen LogP contribution in [0.5, 0.6) is 0 Å². The van der Waals surface area contributed by atoms with Crippen LogP contribution in [0.1, 0.15) is 39.2 Å². The fourth-order valence-corrected chi connectivity index (χ4v) is 3.75. The van der Waals surface area contributed by atoms with Crippen molar-refractivity contribution in [3.05, 3.63) is 35.9 Å². The van der Waals surface area contributed by atoms with E-state index in [1.165, 1.54) is 20.8 Å². The third-order valence-corrected chi connectivity index (χ3v) is 6.23. The number of carbonyl (C=O) groups is 8. The zero-order valence-electron chi connectivity index (χ0n) is 24.8. The monoisotopic (exact) mass is 637 g/mol. The van der Waals surface area contributed by atoms with Gasteiger partial charge in [0.15, 0.2) is 0 Å². The smallest absolute Gasteiger partial charge is 0.326 e. The summed E-state index contributed by atoms with van der Waals surface area (Å²) < 4.78 is 0. The van der Waals surface area contributed by atoms with Crippen molar-refractivity contribution in [3.8, 4) is 0 Å². The van der Waals surface area contributed by atoms with Crippen LogP contribution in [0.4, 0.5) is 0 Å². The van der Waals surface area contributed by atoms with Crippen LogP contribution in [-0.2, 0) is 44.8 Å². The molecule has 45 heavy (non-hydrogen) atoms. The lowest BCUT2D eigenvalue weighted by Gasteiger charge is -2.25. The van der Waals surface area contributed by atoms with E-state index in [0.717, 1.165) is 0 Å². The van der Waals surface area contributed by atoms with E-state index in [1.807, 2.05) is 0 Å². The van der Waals surface area contributed by atoms with Gasteiger partial charge in [-0.1, -0.05) is 30.3 Å². The highest BCUT2D eigenvalue weighted by Crippen LogP contribution is 2.06. The zero-order valence-corrected chi connectivity index (χ0v) is 24.8. The van der Waals surface area contributed by atoms with Crippen molar-refractivity contribution < 1.29 is 53.7 Å². The summed E-state index contributed by atoms with van der Waals surface area (Å²) >= 11 is 0. The number of primary amides is 1. The van der Waals surface area contributed by atoms with Crippen LogP contribution in [0.15, 0.2) is 30.3 Å². The molecular formula is C27H39N7O11. The predicted molar refractivity (Wildman–Crippen MR) is 155 cm³/mol. The van der Waals surface area contributed by atoms with Gasteiger partial charge in [-0.2, -0.15) is 0 Å². The fourth-order valence-electron chi connectivity index (χ4n) is 3.75. The van der Waals surface area contributed by atoms with E-state index >= 15 is 0 Å². The van der Waals surface area contributed by atoms with Crippen LogP contribution in [0.3, 0.4) is 0 Å². The number of aliphatic hydroxyl groups excluding tert-OH is 1. The largest absolute Gasteiger partial charge is 0.481 e. The van der Waals surface area contributed by atoms with E-state index in [0.29, 0.717) is 5.56 Å². The van der Waals surface area contributed by atoms with Crippen molar-refractivity contribution in [2.75, 3.05) is 0 Å². The molecule has 0 spiro atoms. The first-order chi connectivity index (χ1) is 20.9. The maximum atomic E-state index is 13.0. The number of carbonyl (C=O) groups excluding carboxylic acids is 6. The Balaban J connectivity index is 2.93. The Hall–Kier alpha value is -5.10. The molecule has 1 aromatic carbocycles. The van der Waals surface area contributed by atoms with Gasteiger partial charge < -0.3 is 53.4 Å². The first kappa shape index (κ1) is 37.9. The van der Waals surface area contributed by atoms with E-state index in [2.05, 4.69) is 26.6 Å². The van der Waals surface area contributed by atoms with Crippen molar-refractivity contribution in [2.45, 2.75) is 82.4 Å². The first-order valence-electron chi connectivity index (χ1n) is 13.6. The summed E-state index contributed by atoms with van der Waals surface area (Å²) in [7, 11) is 0. The molecule has 6 amide bonds. The molecule has 0 heterocycles. The Morgan fingerprint density at radius 3 is 1.69 bits per heavy atom. The summed E-state index contributed by atoms with van der Waals surface area (Å²) in [5, 5.41) is 39.4. The average molecular weight is 638 g/mol. The maximum Gasteiger partial charge on any atom is 0.326 e. The highest BCUT2D eigenvalue weighted by Gasteiger charge is 2.32. The molecule has 0 saturated heterocycles. The van der Waals surface area contributed by atoms with Gasteiger partial charge in [-0.05, 0) is 26.3 Å². The van der Waals surface area contributed by atoms with E-state index in [9.17, 15) is 48.6 Å². The lowest BCUT2D eigenvalue weighted by atomic mass is 10.0. The first-order valence-corrected chi connectivity index (χ1v) is 13.6. The molecule has 0 unspecified atom stereocenters. The van der Waals surface area contributed by atoms with Gasteiger partial charge in [0, 0.05) is 6.42 Å². The van der Waals surface area contributed by atoms with Crippen molar-refractivity contribution >= 4 is 47.4 Å². The average Bonchev–Trinajstić information content (AvgIpc) is 2.94. The van der Waals surface area contributed by atoms with Crippen LogP contribution >= 0.6 is 0 Å². The molecule has 0 fully saturated rings. The summed E-state index contributed by atoms with van der Waals surface area (Å²) in [6, 6.07) is -0.330. The fraction of sp³-hybridized carbons (Fsp3) is 0.481. The molecule has 18 heteroatoms. The Bertz CT molecular complexity index is 1260. The van der Waals surface area contributed by atoms with Crippen molar-refractivity contribution in [1.82, 2.24) is 26.6 Å². The number of carboxylic acids is 2. The number of nitrogens with one attached hydrogen (secondary N) is 5. The van der Waals surface area contributed by atoms with Gasteiger partial charge in [-0.3, -0.25) is 33.6 Å². The number of carboxylic acid groups (broad SMARTS) is 2. The van der Waals surface area contributed by atoms with Gasteiger partial charge >= 0.3 is 11.9 Å². The van der Waals surface area contributed by atoms with Crippen molar-refractivity contribution in [2.24, 2.45) is 11.5 Å². The van der Waals surface area contributed by atoms with Crippen LogP contribution in [0.2, 0.25) is 0 Å². The zero-order chi connectivity index (χ0) is 34.4.